The van der Waals surface area contributed by atoms with Gasteiger partial charge in [0.05, 0.1) is 0 Å². The molecule has 0 unspecified atom stereocenters. The fraction of sp³-hybridized carbons (Fsp3) is 0.143. The van der Waals surface area contributed by atoms with Gasteiger partial charge in [-0.3, -0.25) is 4.79 Å². The van der Waals surface area contributed by atoms with E-state index in [4.69, 9.17) is 0 Å². The normalized spacial score (nSPS) is 9.73. The average Bonchev–Trinajstić information content (AvgIpc) is 1.99. The molecule has 0 bridgehead atoms. The van der Waals surface area contributed by atoms with Gasteiger partial charge < -0.3 is 0 Å². The maximum absolute atomic E-state index is 12.7. The first-order valence-electron chi connectivity index (χ1n) is 2.93. The molecule has 0 atom stereocenters. The zero-order chi connectivity index (χ0) is 8.43. The zero-order valence-electron chi connectivity index (χ0n) is 5.77. The third-order valence-electron chi connectivity index (χ3n) is 1.29. The second kappa shape index (κ2) is 3.09. The molecule has 11 heavy (non-hydrogen) atoms. The molecule has 0 N–H and O–H groups in total. The maximum Gasteiger partial charge on any atom is 0.217 e. The smallest absolute Gasteiger partial charge is 0.217 e. The van der Waals surface area contributed by atoms with Crippen LogP contribution in [-0.2, 0) is 0 Å². The Kier molecular flexibility index (Phi) is 2.34. The van der Waals surface area contributed by atoms with Crippen LogP contribution in [0, 0.1) is 12.9 Å². The Labute approximate surface area is 71.6 Å². The number of rotatable bonds is 1. The molecule has 0 amide bonds. The van der Waals surface area contributed by atoms with Crippen LogP contribution in [0.2, 0.25) is 0 Å². The van der Waals surface area contributed by atoms with Crippen molar-refractivity contribution in [1.29, 1.82) is 0 Å². The van der Waals surface area contributed by atoms with Gasteiger partial charge in [-0.2, -0.15) is 4.39 Å². The van der Waals surface area contributed by atoms with E-state index in [1.807, 2.05) is 0 Å². The summed E-state index contributed by atoms with van der Waals surface area (Å²) in [6, 6.07) is 1.48. The van der Waals surface area contributed by atoms with Gasteiger partial charge in [0, 0.05) is 10.0 Å². The number of carbonyl (C=O) groups is 1. The quantitative estimate of drug-likeness (QED) is 0.533. The summed E-state index contributed by atoms with van der Waals surface area (Å²) in [7, 11) is 0. The van der Waals surface area contributed by atoms with Crippen LogP contribution in [0.25, 0.3) is 0 Å². The molecular weight excluding hydrogens is 213 g/mol. The van der Waals surface area contributed by atoms with Crippen molar-refractivity contribution >= 4 is 22.2 Å². The van der Waals surface area contributed by atoms with Crippen LogP contribution in [0.5, 0.6) is 0 Å². The summed E-state index contributed by atoms with van der Waals surface area (Å²) in [6.45, 7) is 1.58. The van der Waals surface area contributed by atoms with Gasteiger partial charge in [0.25, 0.3) is 0 Å². The van der Waals surface area contributed by atoms with Crippen molar-refractivity contribution in [2.75, 3.05) is 0 Å². The third kappa shape index (κ3) is 1.63. The van der Waals surface area contributed by atoms with Gasteiger partial charge in [-0.1, -0.05) is 15.9 Å². The Morgan fingerprint density at radius 2 is 2.36 bits per heavy atom. The molecule has 0 aliphatic heterocycles. The van der Waals surface area contributed by atoms with Crippen LogP contribution in [0.4, 0.5) is 4.39 Å². The fourth-order valence-electron chi connectivity index (χ4n) is 0.626. The molecule has 58 valence electrons. The molecule has 1 rings (SSSR count). The minimum Gasteiger partial charge on any atom is -0.296 e. The van der Waals surface area contributed by atoms with E-state index in [1.165, 1.54) is 6.07 Å². The highest BCUT2D eigenvalue weighted by atomic mass is 79.9. The summed E-state index contributed by atoms with van der Waals surface area (Å²) in [5, 5.41) is 0. The molecule has 0 aliphatic rings. The van der Waals surface area contributed by atoms with Crippen LogP contribution in [0.3, 0.4) is 0 Å². The molecule has 0 spiro atoms. The van der Waals surface area contributed by atoms with Gasteiger partial charge >= 0.3 is 0 Å². The topological polar surface area (TPSA) is 30.0 Å². The largest absolute Gasteiger partial charge is 0.296 e. The number of aldehydes is 1. The van der Waals surface area contributed by atoms with Gasteiger partial charge in [-0.25, -0.2) is 4.98 Å². The van der Waals surface area contributed by atoms with Crippen molar-refractivity contribution in [1.82, 2.24) is 4.98 Å². The van der Waals surface area contributed by atoms with Crippen molar-refractivity contribution in [2.24, 2.45) is 0 Å². The molecule has 0 aromatic carbocycles. The number of nitrogens with zero attached hydrogens (tertiary/aromatic N) is 1. The van der Waals surface area contributed by atoms with Crippen LogP contribution >= 0.6 is 15.9 Å². The number of pyridine rings is 1. The highest BCUT2D eigenvalue weighted by Crippen LogP contribution is 2.17. The highest BCUT2D eigenvalue weighted by Gasteiger charge is 2.04. The van der Waals surface area contributed by atoms with Crippen LogP contribution in [-0.4, -0.2) is 11.3 Å². The predicted molar refractivity (Wildman–Crippen MR) is 42.0 cm³/mol. The molecule has 0 fully saturated rings. The van der Waals surface area contributed by atoms with Crippen molar-refractivity contribution < 1.29 is 9.18 Å². The number of carbonyl (C=O) groups excluding carboxylic acids is 1. The molecular formula is C7H5BrFNO. The average molecular weight is 218 g/mol. The Hall–Kier alpha value is -0.770. The fourth-order valence-corrected chi connectivity index (χ4v) is 1.02. The lowest BCUT2D eigenvalue weighted by atomic mass is 10.3. The molecule has 4 heteroatoms. The van der Waals surface area contributed by atoms with E-state index in [-0.39, 0.29) is 5.69 Å². The highest BCUT2D eigenvalue weighted by molar-refractivity contribution is 9.10. The van der Waals surface area contributed by atoms with E-state index in [9.17, 15) is 9.18 Å². The minimum absolute atomic E-state index is 0.0972. The van der Waals surface area contributed by atoms with E-state index >= 15 is 0 Å². The second-order valence-corrected chi connectivity index (χ2v) is 2.92. The molecule has 1 aromatic heterocycles. The Morgan fingerprint density at radius 1 is 1.73 bits per heavy atom. The Balaban J connectivity index is 3.31. The lowest BCUT2D eigenvalue weighted by molar-refractivity contribution is 0.111. The van der Waals surface area contributed by atoms with Gasteiger partial charge in [-0.05, 0) is 13.0 Å². The first kappa shape index (κ1) is 8.33. The Bertz CT molecular complexity index is 277. The summed E-state index contributed by atoms with van der Waals surface area (Å²) in [4.78, 5) is 13.6. The van der Waals surface area contributed by atoms with Crippen molar-refractivity contribution in [2.45, 2.75) is 6.92 Å². The molecule has 0 aliphatic carbocycles. The molecule has 0 saturated heterocycles. The molecule has 2 nitrogen and oxygen atoms in total. The zero-order valence-corrected chi connectivity index (χ0v) is 7.35. The van der Waals surface area contributed by atoms with E-state index in [0.29, 0.717) is 16.3 Å². The van der Waals surface area contributed by atoms with Gasteiger partial charge in [0.2, 0.25) is 5.95 Å². The van der Waals surface area contributed by atoms with E-state index in [1.54, 1.807) is 6.92 Å². The SMILES string of the molecule is Cc1c(Br)cc(C=O)nc1F. The number of hydrogen-bond donors (Lipinski definition) is 0. The third-order valence-corrected chi connectivity index (χ3v) is 2.11. The van der Waals surface area contributed by atoms with Crippen LogP contribution in [0.15, 0.2) is 10.5 Å². The monoisotopic (exact) mass is 217 g/mol. The number of aromatic nitrogens is 1. The number of hydrogen-bond acceptors (Lipinski definition) is 2. The Morgan fingerprint density at radius 3 is 2.82 bits per heavy atom. The molecule has 0 saturated carbocycles. The predicted octanol–water partition coefficient (Wildman–Crippen LogP) is 2.10. The van der Waals surface area contributed by atoms with Gasteiger partial charge in [0.15, 0.2) is 6.29 Å². The first-order valence-corrected chi connectivity index (χ1v) is 3.72. The second-order valence-electron chi connectivity index (χ2n) is 2.06. The maximum atomic E-state index is 12.7. The van der Waals surface area contributed by atoms with E-state index in [2.05, 4.69) is 20.9 Å². The summed E-state index contributed by atoms with van der Waals surface area (Å²) in [5.41, 5.74) is 0.510. The van der Waals surface area contributed by atoms with Crippen molar-refractivity contribution in [3.05, 3.63) is 27.7 Å². The van der Waals surface area contributed by atoms with Crippen LogP contribution < -0.4 is 0 Å². The molecule has 0 radical (unpaired) electrons. The standard InChI is InChI=1S/C7H5BrFNO/c1-4-6(8)2-5(3-11)10-7(4)9/h2-3H,1H3. The summed E-state index contributed by atoms with van der Waals surface area (Å²) < 4.78 is 13.3. The van der Waals surface area contributed by atoms with Crippen LogP contribution in [0.1, 0.15) is 16.1 Å². The first-order chi connectivity index (χ1) is 5.15. The lowest BCUT2D eigenvalue weighted by Gasteiger charge is -1.98. The summed E-state index contributed by atoms with van der Waals surface area (Å²) in [6.07, 6.45) is 0.507. The minimum atomic E-state index is -0.610. The lowest BCUT2D eigenvalue weighted by Crippen LogP contribution is -1.94. The summed E-state index contributed by atoms with van der Waals surface area (Å²) in [5.74, 6) is -0.610. The van der Waals surface area contributed by atoms with Gasteiger partial charge in [0.1, 0.15) is 5.69 Å². The number of halogens is 2. The van der Waals surface area contributed by atoms with Crippen molar-refractivity contribution in [3.8, 4) is 0 Å². The molecule has 1 aromatic rings. The van der Waals surface area contributed by atoms with E-state index < -0.39 is 5.95 Å². The summed E-state index contributed by atoms with van der Waals surface area (Å²) >= 11 is 3.10. The van der Waals surface area contributed by atoms with E-state index in [0.717, 1.165) is 0 Å². The molecule has 1 heterocycles. The van der Waals surface area contributed by atoms with Gasteiger partial charge in [-0.15, -0.1) is 0 Å². The van der Waals surface area contributed by atoms with Crippen molar-refractivity contribution in [3.63, 3.8) is 0 Å².